The SMILES string of the molecule is O=c1oc(NCCCCCCC2=CC=CCN2)nc2ccccc12. The molecule has 1 aromatic heterocycles. The summed E-state index contributed by atoms with van der Waals surface area (Å²) in [6.45, 7) is 1.71. The number of anilines is 1. The molecule has 0 saturated heterocycles. The van der Waals surface area contributed by atoms with E-state index in [-0.39, 0.29) is 5.63 Å². The topological polar surface area (TPSA) is 67.2 Å². The normalized spacial score (nSPS) is 13.6. The van der Waals surface area contributed by atoms with Gasteiger partial charge in [-0.25, -0.2) is 4.79 Å². The van der Waals surface area contributed by atoms with Crippen molar-refractivity contribution in [2.75, 3.05) is 18.4 Å². The lowest BCUT2D eigenvalue weighted by Gasteiger charge is -2.11. The Bertz CT molecular complexity index is 793. The summed E-state index contributed by atoms with van der Waals surface area (Å²) in [5, 5.41) is 7.00. The summed E-state index contributed by atoms with van der Waals surface area (Å²) in [4.78, 5) is 16.2. The Morgan fingerprint density at radius 2 is 2.04 bits per heavy atom. The van der Waals surface area contributed by atoms with Gasteiger partial charge < -0.3 is 15.1 Å². The van der Waals surface area contributed by atoms with Gasteiger partial charge >= 0.3 is 5.63 Å². The van der Waals surface area contributed by atoms with Crippen LogP contribution in [0.5, 0.6) is 0 Å². The van der Waals surface area contributed by atoms with Gasteiger partial charge in [0, 0.05) is 18.8 Å². The number of nitrogens with one attached hydrogen (secondary N) is 2. The van der Waals surface area contributed by atoms with Gasteiger partial charge in [-0.05, 0) is 37.5 Å². The molecule has 0 atom stereocenters. The highest BCUT2D eigenvalue weighted by molar-refractivity contribution is 5.77. The molecule has 0 unspecified atom stereocenters. The van der Waals surface area contributed by atoms with Crippen LogP contribution in [0.25, 0.3) is 10.9 Å². The van der Waals surface area contributed by atoms with E-state index in [1.165, 1.54) is 18.5 Å². The van der Waals surface area contributed by atoms with E-state index in [2.05, 4.69) is 33.8 Å². The molecule has 1 aliphatic rings. The quantitative estimate of drug-likeness (QED) is 0.726. The number of benzene rings is 1. The molecule has 2 heterocycles. The number of hydrogen-bond acceptors (Lipinski definition) is 5. The fourth-order valence-electron chi connectivity index (χ4n) is 2.76. The number of para-hydroxylation sites is 1. The Balaban J connectivity index is 1.37. The van der Waals surface area contributed by atoms with Crippen molar-refractivity contribution in [1.29, 1.82) is 0 Å². The first-order valence-corrected chi connectivity index (χ1v) is 8.56. The average molecular weight is 325 g/mol. The lowest BCUT2D eigenvalue weighted by molar-refractivity contribution is 0.514. The zero-order chi connectivity index (χ0) is 16.6. The molecule has 5 nitrogen and oxygen atoms in total. The standard InChI is InChI=1S/C19H23N3O2/c23-18-16-11-4-5-12-17(16)22-19(24-18)21-14-7-2-1-3-9-15-10-6-8-13-20-15/h4-6,8,10-12,20H,1-3,7,9,13-14H2,(H,21,22). The summed E-state index contributed by atoms with van der Waals surface area (Å²) in [6.07, 6.45) is 12.1. The molecule has 0 saturated carbocycles. The minimum atomic E-state index is -0.342. The maximum Gasteiger partial charge on any atom is 0.348 e. The van der Waals surface area contributed by atoms with Crippen molar-refractivity contribution in [2.24, 2.45) is 0 Å². The number of hydrogen-bond donors (Lipinski definition) is 2. The van der Waals surface area contributed by atoms with Crippen molar-refractivity contribution < 1.29 is 4.42 Å². The summed E-state index contributed by atoms with van der Waals surface area (Å²) in [6, 6.07) is 7.53. The van der Waals surface area contributed by atoms with Gasteiger partial charge in [-0.3, -0.25) is 0 Å². The van der Waals surface area contributed by atoms with Crippen LogP contribution in [0.3, 0.4) is 0 Å². The molecule has 0 bridgehead atoms. The van der Waals surface area contributed by atoms with Gasteiger partial charge in [0.15, 0.2) is 0 Å². The smallest absolute Gasteiger partial charge is 0.348 e. The second kappa shape index (κ2) is 8.34. The summed E-state index contributed by atoms with van der Waals surface area (Å²) >= 11 is 0. The molecular weight excluding hydrogens is 302 g/mol. The van der Waals surface area contributed by atoms with Crippen LogP contribution < -0.4 is 16.3 Å². The zero-order valence-corrected chi connectivity index (χ0v) is 13.8. The first-order chi connectivity index (χ1) is 11.8. The lowest BCUT2D eigenvalue weighted by atomic mass is 10.1. The molecule has 1 aromatic carbocycles. The monoisotopic (exact) mass is 325 g/mol. The predicted octanol–water partition coefficient (Wildman–Crippen LogP) is 3.59. The Kier molecular flexibility index (Phi) is 5.66. The fourth-order valence-corrected chi connectivity index (χ4v) is 2.76. The number of allylic oxidation sites excluding steroid dienone is 3. The number of fused-ring (bicyclic) bond motifs is 1. The Labute approximate surface area is 141 Å². The van der Waals surface area contributed by atoms with Crippen molar-refractivity contribution in [2.45, 2.75) is 32.1 Å². The molecule has 5 heteroatoms. The number of rotatable bonds is 8. The summed E-state index contributed by atoms with van der Waals surface area (Å²) in [5.41, 5.74) is 1.65. The summed E-state index contributed by atoms with van der Waals surface area (Å²) < 4.78 is 5.20. The van der Waals surface area contributed by atoms with Crippen LogP contribution in [0.1, 0.15) is 32.1 Å². The van der Waals surface area contributed by atoms with Crippen LogP contribution in [-0.4, -0.2) is 18.1 Å². The molecule has 24 heavy (non-hydrogen) atoms. The first-order valence-electron chi connectivity index (χ1n) is 8.56. The Morgan fingerprint density at radius 3 is 2.92 bits per heavy atom. The van der Waals surface area contributed by atoms with Crippen molar-refractivity contribution in [3.8, 4) is 0 Å². The van der Waals surface area contributed by atoms with E-state index >= 15 is 0 Å². The van der Waals surface area contributed by atoms with Crippen LogP contribution in [0.4, 0.5) is 6.01 Å². The molecule has 0 fully saturated rings. The van der Waals surface area contributed by atoms with Crippen LogP contribution >= 0.6 is 0 Å². The van der Waals surface area contributed by atoms with Crippen LogP contribution in [0.2, 0.25) is 0 Å². The van der Waals surface area contributed by atoms with Crippen molar-refractivity contribution >= 4 is 16.9 Å². The van der Waals surface area contributed by atoms with Gasteiger partial charge in [0.2, 0.25) is 0 Å². The molecule has 2 aromatic rings. The molecule has 0 aliphatic carbocycles. The van der Waals surface area contributed by atoms with E-state index in [1.807, 2.05) is 18.2 Å². The maximum atomic E-state index is 11.9. The average Bonchev–Trinajstić information content (AvgIpc) is 2.62. The van der Waals surface area contributed by atoms with Gasteiger partial charge in [-0.2, -0.15) is 4.98 Å². The van der Waals surface area contributed by atoms with E-state index < -0.39 is 0 Å². The molecule has 1 aliphatic heterocycles. The third-order valence-electron chi connectivity index (χ3n) is 4.06. The van der Waals surface area contributed by atoms with E-state index in [4.69, 9.17) is 4.42 Å². The van der Waals surface area contributed by atoms with Gasteiger partial charge in [0.05, 0.1) is 10.9 Å². The van der Waals surface area contributed by atoms with Gasteiger partial charge in [0.1, 0.15) is 0 Å². The highest BCUT2D eigenvalue weighted by Gasteiger charge is 2.04. The van der Waals surface area contributed by atoms with Crippen molar-refractivity contribution in [1.82, 2.24) is 10.3 Å². The Morgan fingerprint density at radius 1 is 1.17 bits per heavy atom. The molecule has 0 amide bonds. The van der Waals surface area contributed by atoms with Crippen LogP contribution in [0, 0.1) is 0 Å². The molecular formula is C19H23N3O2. The third-order valence-corrected chi connectivity index (χ3v) is 4.06. The minimum absolute atomic E-state index is 0.307. The fraction of sp³-hybridized carbons (Fsp3) is 0.368. The highest BCUT2D eigenvalue weighted by Crippen LogP contribution is 2.12. The first kappa shape index (κ1) is 16.3. The second-order valence-electron chi connectivity index (χ2n) is 5.92. The number of dihydropyridines is 1. The molecule has 126 valence electrons. The maximum absolute atomic E-state index is 11.9. The van der Waals surface area contributed by atoms with Crippen LogP contribution in [-0.2, 0) is 0 Å². The van der Waals surface area contributed by atoms with E-state index in [0.29, 0.717) is 16.9 Å². The third kappa shape index (κ3) is 4.47. The molecule has 0 radical (unpaired) electrons. The number of nitrogens with zero attached hydrogens (tertiary/aromatic N) is 1. The zero-order valence-electron chi connectivity index (χ0n) is 13.8. The van der Waals surface area contributed by atoms with Crippen molar-refractivity contribution in [3.05, 3.63) is 58.6 Å². The highest BCUT2D eigenvalue weighted by atomic mass is 16.4. The summed E-state index contributed by atoms with van der Waals surface area (Å²) in [7, 11) is 0. The second-order valence-corrected chi connectivity index (χ2v) is 5.92. The van der Waals surface area contributed by atoms with E-state index in [1.54, 1.807) is 6.07 Å². The summed E-state index contributed by atoms with van der Waals surface area (Å²) in [5.74, 6) is 0. The van der Waals surface area contributed by atoms with Gasteiger partial charge in [-0.15, -0.1) is 0 Å². The molecule has 3 rings (SSSR count). The van der Waals surface area contributed by atoms with Gasteiger partial charge in [-0.1, -0.05) is 37.1 Å². The van der Waals surface area contributed by atoms with Gasteiger partial charge in [0.25, 0.3) is 6.01 Å². The van der Waals surface area contributed by atoms with Crippen LogP contribution in [0.15, 0.2) is 57.4 Å². The number of unbranched alkanes of at least 4 members (excludes halogenated alkanes) is 3. The molecule has 0 spiro atoms. The molecule has 2 N–H and O–H groups in total. The lowest BCUT2D eigenvalue weighted by Crippen LogP contribution is -2.15. The van der Waals surface area contributed by atoms with Crippen molar-refractivity contribution in [3.63, 3.8) is 0 Å². The van der Waals surface area contributed by atoms with E-state index in [9.17, 15) is 4.79 Å². The largest absolute Gasteiger partial charge is 0.389 e. The number of aromatic nitrogens is 1. The van der Waals surface area contributed by atoms with E-state index in [0.717, 1.165) is 32.4 Å². The Hall–Kier alpha value is -2.56. The minimum Gasteiger partial charge on any atom is -0.389 e. The predicted molar refractivity (Wildman–Crippen MR) is 97.1 cm³/mol.